The Kier molecular flexibility index (Phi) is 2.72. The van der Waals surface area contributed by atoms with E-state index in [0.717, 1.165) is 21.5 Å². The molecule has 2 amide bonds. The molecule has 6 nitrogen and oxygen atoms in total. The monoisotopic (exact) mass is 258 g/mol. The van der Waals surface area contributed by atoms with Crippen molar-refractivity contribution in [2.45, 2.75) is 12.5 Å². The molecular weight excluding hydrogens is 244 g/mol. The lowest BCUT2D eigenvalue weighted by atomic mass is 10.0. The van der Waals surface area contributed by atoms with Crippen LogP contribution >= 0.6 is 0 Å². The minimum absolute atomic E-state index is 0.0801. The van der Waals surface area contributed by atoms with E-state index in [2.05, 4.69) is 10.3 Å². The number of rotatable bonds is 2. The van der Waals surface area contributed by atoms with Gasteiger partial charge in [-0.25, -0.2) is 5.84 Å². The summed E-state index contributed by atoms with van der Waals surface area (Å²) in [5, 5.41) is 4.70. The van der Waals surface area contributed by atoms with E-state index in [4.69, 9.17) is 5.84 Å². The summed E-state index contributed by atoms with van der Waals surface area (Å²) in [5.74, 6) is 5.03. The van der Waals surface area contributed by atoms with Crippen molar-refractivity contribution in [3.05, 3.63) is 36.0 Å². The maximum Gasteiger partial charge on any atom is 0.259 e. The molecule has 1 aromatic carbocycles. The molecule has 0 aliphatic carbocycles. The average Bonchev–Trinajstić information content (AvgIpc) is 2.79. The summed E-state index contributed by atoms with van der Waals surface area (Å²) in [6.07, 6.45) is 2.29. The van der Waals surface area contributed by atoms with Gasteiger partial charge in [0.2, 0.25) is 5.91 Å². The minimum Gasteiger partial charge on any atom is -0.361 e. The van der Waals surface area contributed by atoms with Crippen LogP contribution in [0.25, 0.3) is 10.9 Å². The Balaban J connectivity index is 1.88. The minimum atomic E-state index is -0.592. The first-order valence-corrected chi connectivity index (χ1v) is 6.05. The Morgan fingerprint density at radius 1 is 1.32 bits per heavy atom. The standard InChI is InChI=1S/C13H14N4O2/c14-17-7-12(18)16-11(13(17)19)5-8-6-15-10-4-2-1-3-9(8)10/h1-4,6,11,15H,5,7,14H2,(H,16,18)/t11-/m0/s1. The summed E-state index contributed by atoms with van der Waals surface area (Å²) in [6, 6.07) is 7.24. The lowest BCUT2D eigenvalue weighted by molar-refractivity contribution is -0.144. The molecule has 3 rings (SSSR count). The Hall–Kier alpha value is -2.34. The van der Waals surface area contributed by atoms with Crippen molar-refractivity contribution >= 4 is 22.7 Å². The molecular formula is C13H14N4O2. The van der Waals surface area contributed by atoms with Crippen molar-refractivity contribution in [2.75, 3.05) is 6.54 Å². The van der Waals surface area contributed by atoms with E-state index in [9.17, 15) is 9.59 Å². The van der Waals surface area contributed by atoms with Crippen molar-refractivity contribution in [3.63, 3.8) is 0 Å². The normalized spacial score (nSPS) is 19.8. The maximum atomic E-state index is 11.9. The van der Waals surface area contributed by atoms with E-state index in [0.29, 0.717) is 6.42 Å². The van der Waals surface area contributed by atoms with Gasteiger partial charge in [0, 0.05) is 23.5 Å². The van der Waals surface area contributed by atoms with Gasteiger partial charge in [-0.05, 0) is 11.6 Å². The van der Waals surface area contributed by atoms with E-state index in [-0.39, 0.29) is 18.4 Å². The van der Waals surface area contributed by atoms with Crippen LogP contribution in [0.2, 0.25) is 0 Å². The van der Waals surface area contributed by atoms with E-state index >= 15 is 0 Å². The van der Waals surface area contributed by atoms with Crippen molar-refractivity contribution in [1.29, 1.82) is 0 Å². The largest absolute Gasteiger partial charge is 0.361 e. The molecule has 19 heavy (non-hydrogen) atoms. The highest BCUT2D eigenvalue weighted by Gasteiger charge is 2.31. The highest BCUT2D eigenvalue weighted by molar-refractivity contribution is 5.95. The molecule has 0 saturated carbocycles. The van der Waals surface area contributed by atoms with Crippen LogP contribution in [0.4, 0.5) is 0 Å². The van der Waals surface area contributed by atoms with Crippen LogP contribution < -0.4 is 11.2 Å². The number of nitrogens with two attached hydrogens (primary N) is 1. The Bertz CT molecular complexity index is 649. The molecule has 1 aliphatic rings. The number of nitrogens with one attached hydrogen (secondary N) is 2. The number of hydrazine groups is 1. The predicted molar refractivity (Wildman–Crippen MR) is 69.8 cm³/mol. The number of amides is 2. The summed E-state index contributed by atoms with van der Waals surface area (Å²) in [4.78, 5) is 26.5. The van der Waals surface area contributed by atoms with Gasteiger partial charge in [0.15, 0.2) is 0 Å². The third-order valence-corrected chi connectivity index (χ3v) is 3.33. The number of para-hydroxylation sites is 1. The fraction of sp³-hybridized carbons (Fsp3) is 0.231. The summed E-state index contributed by atoms with van der Waals surface area (Å²) in [6.45, 7) is -0.0801. The summed E-state index contributed by atoms with van der Waals surface area (Å²) in [7, 11) is 0. The SMILES string of the molecule is NN1CC(=O)N[C@@H](Cc2c[nH]c3ccccc23)C1=O. The van der Waals surface area contributed by atoms with Gasteiger partial charge in [-0.15, -0.1) is 0 Å². The van der Waals surface area contributed by atoms with Gasteiger partial charge in [-0.2, -0.15) is 0 Å². The topological polar surface area (TPSA) is 91.2 Å². The van der Waals surface area contributed by atoms with Gasteiger partial charge < -0.3 is 10.3 Å². The number of hydrogen-bond acceptors (Lipinski definition) is 3. The van der Waals surface area contributed by atoms with Gasteiger partial charge in [0.1, 0.15) is 12.6 Å². The van der Waals surface area contributed by atoms with E-state index in [1.165, 1.54) is 0 Å². The number of aromatic nitrogens is 1. The lowest BCUT2D eigenvalue weighted by Gasteiger charge is -2.28. The second kappa shape index (κ2) is 4.40. The highest BCUT2D eigenvalue weighted by Crippen LogP contribution is 2.19. The fourth-order valence-corrected chi connectivity index (χ4v) is 2.39. The molecule has 98 valence electrons. The Morgan fingerprint density at radius 3 is 2.95 bits per heavy atom. The number of carbonyl (C=O) groups is 2. The zero-order valence-corrected chi connectivity index (χ0v) is 10.2. The van der Waals surface area contributed by atoms with Crippen molar-refractivity contribution in [1.82, 2.24) is 15.3 Å². The quantitative estimate of drug-likeness (QED) is 0.519. The number of hydrogen-bond donors (Lipinski definition) is 3. The van der Waals surface area contributed by atoms with Crippen molar-refractivity contribution in [2.24, 2.45) is 5.84 Å². The predicted octanol–water partition coefficient (Wildman–Crippen LogP) is -0.0889. The van der Waals surface area contributed by atoms with Gasteiger partial charge in [-0.1, -0.05) is 18.2 Å². The first-order chi connectivity index (χ1) is 9.15. The second-order valence-electron chi connectivity index (χ2n) is 4.65. The molecule has 6 heteroatoms. The third kappa shape index (κ3) is 2.06. The van der Waals surface area contributed by atoms with Gasteiger partial charge in [-0.3, -0.25) is 14.6 Å². The molecule has 0 radical (unpaired) electrons. The lowest BCUT2D eigenvalue weighted by Crippen LogP contribution is -2.60. The third-order valence-electron chi connectivity index (χ3n) is 3.33. The summed E-state index contributed by atoms with van der Waals surface area (Å²) in [5.41, 5.74) is 2.00. The maximum absolute atomic E-state index is 11.9. The number of benzene rings is 1. The zero-order valence-electron chi connectivity index (χ0n) is 10.2. The Morgan fingerprint density at radius 2 is 2.11 bits per heavy atom. The molecule has 0 unspecified atom stereocenters. The van der Waals surface area contributed by atoms with E-state index in [1.807, 2.05) is 30.5 Å². The number of fused-ring (bicyclic) bond motifs is 1. The van der Waals surface area contributed by atoms with Gasteiger partial charge in [0.25, 0.3) is 5.91 Å². The summed E-state index contributed by atoms with van der Waals surface area (Å²) < 4.78 is 0. The van der Waals surface area contributed by atoms with Crippen LogP contribution in [0.5, 0.6) is 0 Å². The van der Waals surface area contributed by atoms with Crippen molar-refractivity contribution < 1.29 is 9.59 Å². The van der Waals surface area contributed by atoms with Crippen LogP contribution in [0, 0.1) is 0 Å². The molecule has 1 aromatic heterocycles. The van der Waals surface area contributed by atoms with Crippen LogP contribution in [-0.4, -0.2) is 34.4 Å². The van der Waals surface area contributed by atoms with Crippen molar-refractivity contribution in [3.8, 4) is 0 Å². The average molecular weight is 258 g/mol. The number of piperazine rings is 1. The molecule has 1 aliphatic heterocycles. The van der Waals surface area contributed by atoms with Crippen LogP contribution in [0.15, 0.2) is 30.5 Å². The Labute approximate surface area is 109 Å². The molecule has 4 N–H and O–H groups in total. The molecule has 2 heterocycles. The molecule has 2 aromatic rings. The molecule has 0 spiro atoms. The molecule has 0 bridgehead atoms. The molecule has 1 fully saturated rings. The summed E-state index contributed by atoms with van der Waals surface area (Å²) >= 11 is 0. The highest BCUT2D eigenvalue weighted by atomic mass is 16.2. The number of nitrogens with zero attached hydrogens (tertiary/aromatic N) is 1. The van der Waals surface area contributed by atoms with Crippen LogP contribution in [0.1, 0.15) is 5.56 Å². The number of carbonyl (C=O) groups excluding carboxylic acids is 2. The number of aromatic amines is 1. The second-order valence-corrected chi connectivity index (χ2v) is 4.65. The van der Waals surface area contributed by atoms with E-state index < -0.39 is 6.04 Å². The van der Waals surface area contributed by atoms with Gasteiger partial charge >= 0.3 is 0 Å². The van der Waals surface area contributed by atoms with Gasteiger partial charge in [0.05, 0.1) is 0 Å². The first-order valence-electron chi connectivity index (χ1n) is 6.05. The molecule has 1 saturated heterocycles. The smallest absolute Gasteiger partial charge is 0.259 e. The van der Waals surface area contributed by atoms with Crippen LogP contribution in [-0.2, 0) is 16.0 Å². The fourth-order valence-electron chi connectivity index (χ4n) is 2.39. The van der Waals surface area contributed by atoms with E-state index in [1.54, 1.807) is 0 Å². The first kappa shape index (κ1) is 11.7. The number of H-pyrrole nitrogens is 1. The molecule has 1 atom stereocenters. The zero-order chi connectivity index (χ0) is 13.4. The van der Waals surface area contributed by atoms with Crippen LogP contribution in [0.3, 0.4) is 0 Å².